The number of hydrogen-bond acceptors (Lipinski definition) is 7. The molecule has 3 heterocycles. The number of methoxy groups -OCH3 is 1. The summed E-state index contributed by atoms with van der Waals surface area (Å²) in [5, 5.41) is 14.2. The van der Waals surface area contributed by atoms with Crippen molar-refractivity contribution in [2.45, 2.75) is 58.0 Å². The Morgan fingerprint density at radius 2 is 1.90 bits per heavy atom. The molecule has 0 bridgehead atoms. The Balaban J connectivity index is 1.72. The minimum atomic E-state index is -0.189. The molecule has 1 aliphatic carbocycles. The fourth-order valence-corrected chi connectivity index (χ4v) is 4.29. The highest BCUT2D eigenvalue weighted by Crippen LogP contribution is 2.37. The SMILES string of the molecule is COC[C@H](C)Cc1ncc2c(Nc3ccc(C)nc3)ncc(C3CCC(O)CC3)c2n1. The number of ether oxygens (including phenoxy) is 1. The van der Waals surface area contributed by atoms with Crippen molar-refractivity contribution >= 4 is 22.4 Å². The number of hydrogen-bond donors (Lipinski definition) is 2. The molecule has 0 aliphatic heterocycles. The molecule has 1 saturated carbocycles. The van der Waals surface area contributed by atoms with Crippen LogP contribution in [0.3, 0.4) is 0 Å². The van der Waals surface area contributed by atoms with Crippen LogP contribution in [0.5, 0.6) is 0 Å². The topological polar surface area (TPSA) is 93.0 Å². The molecule has 3 aromatic heterocycles. The van der Waals surface area contributed by atoms with Crippen molar-refractivity contribution in [3.8, 4) is 0 Å². The molecule has 1 atom stereocenters. The number of nitrogens with one attached hydrogen (secondary N) is 1. The van der Waals surface area contributed by atoms with Gasteiger partial charge in [-0.2, -0.15) is 0 Å². The standard InChI is InChI=1S/C24H31N5O2/c1-15(14-31-3)10-22-26-13-21-23(29-22)20(17-5-8-19(30)9-6-17)12-27-24(21)28-18-7-4-16(2)25-11-18/h4,7,11-13,15,17,19,30H,5-6,8-10,14H2,1-3H3,(H,27,28)/t15-,17?,19?/m1/s1. The molecule has 2 N–H and O–H groups in total. The highest BCUT2D eigenvalue weighted by atomic mass is 16.5. The first-order chi connectivity index (χ1) is 15.0. The number of fused-ring (bicyclic) bond motifs is 1. The first-order valence-electron chi connectivity index (χ1n) is 11.0. The van der Waals surface area contributed by atoms with Gasteiger partial charge in [0.05, 0.1) is 28.9 Å². The summed E-state index contributed by atoms with van der Waals surface area (Å²) in [6.07, 6.45) is 9.76. The summed E-state index contributed by atoms with van der Waals surface area (Å²) in [5.74, 6) is 2.25. The Kier molecular flexibility index (Phi) is 6.73. The average molecular weight is 422 g/mol. The summed E-state index contributed by atoms with van der Waals surface area (Å²) < 4.78 is 5.28. The highest BCUT2D eigenvalue weighted by Gasteiger charge is 2.24. The van der Waals surface area contributed by atoms with Gasteiger partial charge in [0.15, 0.2) is 0 Å². The summed E-state index contributed by atoms with van der Waals surface area (Å²) >= 11 is 0. The third-order valence-corrected chi connectivity index (χ3v) is 5.99. The molecule has 0 amide bonds. The van der Waals surface area contributed by atoms with Crippen molar-refractivity contribution < 1.29 is 9.84 Å². The highest BCUT2D eigenvalue weighted by molar-refractivity contribution is 5.92. The van der Waals surface area contributed by atoms with Crippen molar-refractivity contribution in [1.82, 2.24) is 19.9 Å². The number of pyridine rings is 2. The Morgan fingerprint density at radius 3 is 2.61 bits per heavy atom. The van der Waals surface area contributed by atoms with Gasteiger partial charge in [-0.25, -0.2) is 15.0 Å². The van der Waals surface area contributed by atoms with Crippen LogP contribution in [0.2, 0.25) is 0 Å². The molecular weight excluding hydrogens is 390 g/mol. The van der Waals surface area contributed by atoms with E-state index in [1.54, 1.807) is 13.3 Å². The van der Waals surface area contributed by atoms with Gasteiger partial charge in [0.1, 0.15) is 11.6 Å². The lowest BCUT2D eigenvalue weighted by molar-refractivity contribution is 0.122. The predicted octanol–water partition coefficient (Wildman–Crippen LogP) is 4.32. The number of aliphatic hydroxyl groups excluding tert-OH is 1. The van der Waals surface area contributed by atoms with E-state index < -0.39 is 0 Å². The van der Waals surface area contributed by atoms with Crippen LogP contribution in [0.15, 0.2) is 30.7 Å². The number of aliphatic hydroxyl groups is 1. The van der Waals surface area contributed by atoms with E-state index in [0.29, 0.717) is 18.4 Å². The quantitative estimate of drug-likeness (QED) is 0.587. The van der Waals surface area contributed by atoms with Gasteiger partial charge in [0, 0.05) is 43.8 Å². The monoisotopic (exact) mass is 421 g/mol. The molecule has 31 heavy (non-hydrogen) atoms. The van der Waals surface area contributed by atoms with E-state index in [-0.39, 0.29) is 6.10 Å². The van der Waals surface area contributed by atoms with Gasteiger partial charge in [-0.05, 0) is 56.6 Å². The zero-order valence-corrected chi connectivity index (χ0v) is 18.5. The number of aromatic nitrogens is 4. The molecule has 1 fully saturated rings. The maximum atomic E-state index is 9.94. The van der Waals surface area contributed by atoms with Crippen LogP contribution in [0, 0.1) is 12.8 Å². The van der Waals surface area contributed by atoms with E-state index >= 15 is 0 Å². The third kappa shape index (κ3) is 5.17. The van der Waals surface area contributed by atoms with Gasteiger partial charge in [-0.1, -0.05) is 6.92 Å². The Hall–Kier alpha value is -2.64. The van der Waals surface area contributed by atoms with E-state index in [0.717, 1.165) is 71.6 Å². The smallest absolute Gasteiger partial charge is 0.141 e. The maximum absolute atomic E-state index is 9.94. The molecule has 7 heteroatoms. The summed E-state index contributed by atoms with van der Waals surface area (Å²) in [7, 11) is 1.72. The van der Waals surface area contributed by atoms with Crippen molar-refractivity contribution in [1.29, 1.82) is 0 Å². The lowest BCUT2D eigenvalue weighted by Gasteiger charge is -2.26. The fraction of sp³-hybridized carbons (Fsp3) is 0.500. The second-order valence-corrected chi connectivity index (χ2v) is 8.69. The molecule has 0 spiro atoms. The van der Waals surface area contributed by atoms with Gasteiger partial charge in [0.2, 0.25) is 0 Å². The van der Waals surface area contributed by atoms with E-state index in [1.165, 1.54) is 0 Å². The Bertz CT molecular complexity index is 1020. The summed E-state index contributed by atoms with van der Waals surface area (Å²) in [4.78, 5) is 18.7. The van der Waals surface area contributed by atoms with Gasteiger partial charge in [0.25, 0.3) is 0 Å². The van der Waals surface area contributed by atoms with Gasteiger partial charge in [-0.3, -0.25) is 4.98 Å². The minimum absolute atomic E-state index is 0.189. The minimum Gasteiger partial charge on any atom is -0.393 e. The summed E-state index contributed by atoms with van der Waals surface area (Å²) in [5.41, 5.74) is 3.95. The second-order valence-electron chi connectivity index (χ2n) is 8.69. The first-order valence-corrected chi connectivity index (χ1v) is 11.0. The van der Waals surface area contributed by atoms with Gasteiger partial charge in [-0.15, -0.1) is 0 Å². The van der Waals surface area contributed by atoms with Crippen molar-refractivity contribution in [2.75, 3.05) is 19.0 Å². The van der Waals surface area contributed by atoms with E-state index in [1.807, 2.05) is 31.5 Å². The lowest BCUT2D eigenvalue weighted by atomic mass is 9.82. The molecule has 3 aromatic rings. The average Bonchev–Trinajstić information content (AvgIpc) is 2.76. The van der Waals surface area contributed by atoms with Crippen LogP contribution in [0.4, 0.5) is 11.5 Å². The summed E-state index contributed by atoms with van der Waals surface area (Å²) in [6.45, 7) is 4.79. The van der Waals surface area contributed by atoms with Crippen LogP contribution in [0.25, 0.3) is 10.9 Å². The first kappa shape index (κ1) is 21.6. The largest absolute Gasteiger partial charge is 0.393 e. The number of rotatable bonds is 7. The van der Waals surface area contributed by atoms with Crippen molar-refractivity contribution in [3.05, 3.63) is 47.8 Å². The van der Waals surface area contributed by atoms with E-state index in [4.69, 9.17) is 14.7 Å². The van der Waals surface area contributed by atoms with Crippen LogP contribution < -0.4 is 5.32 Å². The predicted molar refractivity (Wildman–Crippen MR) is 122 cm³/mol. The molecule has 0 aromatic carbocycles. The number of anilines is 2. The zero-order chi connectivity index (χ0) is 21.8. The molecule has 7 nitrogen and oxygen atoms in total. The molecule has 0 radical (unpaired) electrons. The molecule has 1 aliphatic rings. The maximum Gasteiger partial charge on any atom is 0.141 e. The fourth-order valence-electron chi connectivity index (χ4n) is 4.29. The Labute approximate surface area is 183 Å². The molecular formula is C24H31N5O2. The Morgan fingerprint density at radius 1 is 1.10 bits per heavy atom. The van der Waals surface area contributed by atoms with Crippen molar-refractivity contribution in [3.63, 3.8) is 0 Å². The van der Waals surface area contributed by atoms with Crippen LogP contribution in [-0.4, -0.2) is 44.9 Å². The summed E-state index contributed by atoms with van der Waals surface area (Å²) in [6, 6.07) is 3.96. The normalized spacial score (nSPS) is 20.0. The second kappa shape index (κ2) is 9.66. The zero-order valence-electron chi connectivity index (χ0n) is 18.5. The van der Waals surface area contributed by atoms with Crippen LogP contribution in [0.1, 0.15) is 55.6 Å². The van der Waals surface area contributed by atoms with Gasteiger partial charge >= 0.3 is 0 Å². The third-order valence-electron chi connectivity index (χ3n) is 5.99. The molecule has 0 saturated heterocycles. The number of aryl methyl sites for hydroxylation is 1. The number of nitrogens with zero attached hydrogens (tertiary/aromatic N) is 4. The van der Waals surface area contributed by atoms with E-state index in [9.17, 15) is 5.11 Å². The molecule has 164 valence electrons. The van der Waals surface area contributed by atoms with E-state index in [2.05, 4.69) is 22.2 Å². The van der Waals surface area contributed by atoms with Crippen LogP contribution >= 0.6 is 0 Å². The molecule has 0 unspecified atom stereocenters. The van der Waals surface area contributed by atoms with Gasteiger partial charge < -0.3 is 15.2 Å². The molecule has 4 rings (SSSR count). The van der Waals surface area contributed by atoms with Crippen LogP contribution in [-0.2, 0) is 11.2 Å². The van der Waals surface area contributed by atoms with Crippen molar-refractivity contribution in [2.24, 2.45) is 5.92 Å². The lowest BCUT2D eigenvalue weighted by Crippen LogP contribution is -2.18.